The Morgan fingerprint density at radius 3 is 2.39 bits per heavy atom. The molecule has 5 aromatic rings. The molecule has 0 saturated carbocycles. The Bertz CT molecular complexity index is 1840. The number of hydrogen-bond donors (Lipinski definition) is 2. The molecule has 0 bridgehead atoms. The molecule has 2 heterocycles. The van der Waals surface area contributed by atoms with Crippen LogP contribution in [-0.4, -0.2) is 46.9 Å². The second-order valence-electron chi connectivity index (χ2n) is 11.1. The van der Waals surface area contributed by atoms with Crippen molar-refractivity contribution in [3.63, 3.8) is 0 Å². The lowest BCUT2D eigenvalue weighted by atomic mass is 10.0. The highest BCUT2D eigenvalue weighted by Crippen LogP contribution is 2.21. The molecule has 0 unspecified atom stereocenters. The van der Waals surface area contributed by atoms with Crippen LogP contribution < -0.4 is 21.0 Å². The standard InChI is InChI=1S/C36H37N5O5/c1-24-28(22-38-32(42)16-11-25-17-19-37-20-18-25)12-15-30-33(24)35(44)46-36(39-30)40-31(21-26-9-13-29(45-3)14-10-26)34(43)41(2)23-27-7-5-4-6-8-27/h4-10,12-15,17-20,31H,11,16,21-23H2,1-3H3,(H,38,42)(H,39,40)/t31-/m0/s1. The molecule has 46 heavy (non-hydrogen) atoms. The number of ether oxygens (including phenoxy) is 1. The first-order valence-electron chi connectivity index (χ1n) is 15.1. The summed E-state index contributed by atoms with van der Waals surface area (Å²) in [6.45, 7) is 2.49. The number of methoxy groups -OCH3 is 1. The number of nitrogens with zero attached hydrogens (tertiary/aromatic N) is 3. The molecule has 236 valence electrons. The number of anilines is 1. The third kappa shape index (κ3) is 8.15. The summed E-state index contributed by atoms with van der Waals surface area (Å²) in [6, 6.07) is 23.7. The van der Waals surface area contributed by atoms with Gasteiger partial charge in [-0.05, 0) is 71.5 Å². The number of rotatable bonds is 13. The maximum absolute atomic E-state index is 13.7. The van der Waals surface area contributed by atoms with E-state index in [0.717, 1.165) is 22.3 Å². The number of aryl methyl sites for hydroxylation is 2. The highest BCUT2D eigenvalue weighted by molar-refractivity contribution is 5.86. The Hall–Kier alpha value is -5.51. The normalized spacial score (nSPS) is 11.5. The zero-order valence-corrected chi connectivity index (χ0v) is 26.2. The number of hydrogen-bond acceptors (Lipinski definition) is 8. The fraction of sp³-hybridized carbons (Fsp3) is 0.250. The zero-order valence-electron chi connectivity index (χ0n) is 26.2. The van der Waals surface area contributed by atoms with E-state index >= 15 is 0 Å². The van der Waals surface area contributed by atoms with Gasteiger partial charge in [-0.25, -0.2) is 4.79 Å². The molecule has 10 heteroatoms. The fourth-order valence-electron chi connectivity index (χ4n) is 5.25. The van der Waals surface area contributed by atoms with Crippen molar-refractivity contribution in [1.82, 2.24) is 20.2 Å². The van der Waals surface area contributed by atoms with Crippen LogP contribution in [0, 0.1) is 6.92 Å². The van der Waals surface area contributed by atoms with Crippen LogP contribution in [0.2, 0.25) is 0 Å². The van der Waals surface area contributed by atoms with Gasteiger partial charge in [0.05, 0.1) is 18.0 Å². The van der Waals surface area contributed by atoms with Crippen molar-refractivity contribution in [3.05, 3.63) is 129 Å². The number of benzene rings is 3. The van der Waals surface area contributed by atoms with Gasteiger partial charge in [0.25, 0.3) is 6.01 Å². The Morgan fingerprint density at radius 1 is 0.935 bits per heavy atom. The van der Waals surface area contributed by atoms with Crippen molar-refractivity contribution >= 4 is 28.7 Å². The molecule has 10 nitrogen and oxygen atoms in total. The fourth-order valence-corrected chi connectivity index (χ4v) is 5.25. The lowest BCUT2D eigenvalue weighted by Gasteiger charge is -2.25. The SMILES string of the molecule is COc1ccc(C[C@H](Nc2nc3ccc(CNC(=O)CCc4ccncc4)c(C)c3c(=O)o2)C(=O)N(C)Cc2ccccc2)cc1. The summed E-state index contributed by atoms with van der Waals surface area (Å²) < 4.78 is 10.9. The Kier molecular flexibility index (Phi) is 10.4. The maximum atomic E-state index is 13.7. The number of fused-ring (bicyclic) bond motifs is 1. The van der Waals surface area contributed by atoms with E-state index in [4.69, 9.17) is 9.15 Å². The average Bonchev–Trinajstić information content (AvgIpc) is 3.07. The van der Waals surface area contributed by atoms with Crippen LogP contribution in [0.5, 0.6) is 5.75 Å². The van der Waals surface area contributed by atoms with Gasteiger partial charge >= 0.3 is 5.63 Å². The van der Waals surface area contributed by atoms with E-state index < -0.39 is 11.7 Å². The molecule has 0 aliphatic rings. The minimum Gasteiger partial charge on any atom is -0.497 e. The van der Waals surface area contributed by atoms with Crippen LogP contribution in [0.15, 0.2) is 100 Å². The van der Waals surface area contributed by atoms with Gasteiger partial charge in [0.2, 0.25) is 11.8 Å². The number of nitrogens with one attached hydrogen (secondary N) is 2. The molecule has 0 saturated heterocycles. The average molecular weight is 620 g/mol. The summed E-state index contributed by atoms with van der Waals surface area (Å²) in [6.07, 6.45) is 4.68. The van der Waals surface area contributed by atoms with Gasteiger partial charge in [0.15, 0.2) is 0 Å². The molecule has 0 aliphatic carbocycles. The van der Waals surface area contributed by atoms with E-state index in [1.54, 1.807) is 44.4 Å². The van der Waals surface area contributed by atoms with Gasteiger partial charge in [-0.1, -0.05) is 48.5 Å². The van der Waals surface area contributed by atoms with Crippen LogP contribution in [0.3, 0.4) is 0 Å². The van der Waals surface area contributed by atoms with Crippen molar-refractivity contribution in [2.45, 2.75) is 45.3 Å². The van der Waals surface area contributed by atoms with E-state index in [0.29, 0.717) is 48.0 Å². The van der Waals surface area contributed by atoms with Gasteiger partial charge in [-0.3, -0.25) is 14.6 Å². The van der Waals surface area contributed by atoms with Gasteiger partial charge in [0, 0.05) is 45.4 Å². The molecule has 0 fully saturated rings. The van der Waals surface area contributed by atoms with Crippen molar-refractivity contribution in [2.24, 2.45) is 0 Å². The summed E-state index contributed by atoms with van der Waals surface area (Å²) in [5.41, 5.74) is 4.24. The smallest absolute Gasteiger partial charge is 0.348 e. The minimum absolute atomic E-state index is 0.0472. The number of carbonyl (C=O) groups is 2. The van der Waals surface area contributed by atoms with Crippen LogP contribution in [0.4, 0.5) is 6.01 Å². The first-order valence-corrected chi connectivity index (χ1v) is 15.1. The van der Waals surface area contributed by atoms with Crippen LogP contribution in [0.1, 0.15) is 34.2 Å². The highest BCUT2D eigenvalue weighted by Gasteiger charge is 2.25. The molecule has 0 radical (unpaired) electrons. The number of pyridine rings is 1. The van der Waals surface area contributed by atoms with Crippen molar-refractivity contribution in [1.29, 1.82) is 0 Å². The zero-order chi connectivity index (χ0) is 32.5. The molecule has 1 atom stereocenters. The third-order valence-corrected chi connectivity index (χ3v) is 7.87. The van der Waals surface area contributed by atoms with E-state index in [1.165, 1.54) is 0 Å². The quantitative estimate of drug-likeness (QED) is 0.192. The molecule has 0 aliphatic heterocycles. The van der Waals surface area contributed by atoms with E-state index in [-0.39, 0.29) is 24.4 Å². The lowest BCUT2D eigenvalue weighted by Crippen LogP contribution is -2.42. The molecule has 2 amide bonds. The summed E-state index contributed by atoms with van der Waals surface area (Å²) in [4.78, 5) is 49.7. The summed E-state index contributed by atoms with van der Waals surface area (Å²) >= 11 is 0. The summed E-state index contributed by atoms with van der Waals surface area (Å²) in [7, 11) is 3.34. The van der Waals surface area contributed by atoms with Crippen LogP contribution >= 0.6 is 0 Å². The van der Waals surface area contributed by atoms with Crippen molar-refractivity contribution in [3.8, 4) is 5.75 Å². The first-order chi connectivity index (χ1) is 22.3. The minimum atomic E-state index is -0.766. The van der Waals surface area contributed by atoms with Crippen LogP contribution in [-0.2, 0) is 35.5 Å². The van der Waals surface area contributed by atoms with Gasteiger partial charge in [-0.15, -0.1) is 0 Å². The topological polar surface area (TPSA) is 127 Å². The predicted octanol–water partition coefficient (Wildman–Crippen LogP) is 4.83. The monoisotopic (exact) mass is 619 g/mol. The van der Waals surface area contributed by atoms with Crippen molar-refractivity contribution < 1.29 is 18.7 Å². The largest absolute Gasteiger partial charge is 0.497 e. The predicted molar refractivity (Wildman–Crippen MR) is 176 cm³/mol. The first kappa shape index (κ1) is 31.9. The Balaban J connectivity index is 1.33. The van der Waals surface area contributed by atoms with E-state index in [9.17, 15) is 14.4 Å². The maximum Gasteiger partial charge on any atom is 0.348 e. The molecule has 0 spiro atoms. The Morgan fingerprint density at radius 2 is 1.67 bits per heavy atom. The molecule has 5 rings (SSSR count). The molecular weight excluding hydrogens is 582 g/mol. The van der Waals surface area contributed by atoms with Gasteiger partial charge < -0.3 is 24.7 Å². The summed E-state index contributed by atoms with van der Waals surface area (Å²) in [5, 5.41) is 6.36. The summed E-state index contributed by atoms with van der Waals surface area (Å²) in [5.74, 6) is 0.434. The molecular formula is C36H37N5O5. The molecule has 3 aromatic carbocycles. The van der Waals surface area contributed by atoms with Crippen molar-refractivity contribution in [2.75, 3.05) is 19.5 Å². The number of carbonyl (C=O) groups excluding carboxylic acids is 2. The van der Waals surface area contributed by atoms with E-state index in [2.05, 4.69) is 20.6 Å². The Labute approximate surface area is 267 Å². The molecule has 2 aromatic heterocycles. The van der Waals surface area contributed by atoms with Gasteiger partial charge in [0.1, 0.15) is 11.8 Å². The van der Waals surface area contributed by atoms with Crippen LogP contribution in [0.25, 0.3) is 10.9 Å². The third-order valence-electron chi connectivity index (χ3n) is 7.87. The number of amides is 2. The number of aromatic nitrogens is 2. The second-order valence-corrected chi connectivity index (χ2v) is 11.1. The number of likely N-dealkylation sites (N-methyl/N-ethyl adjacent to an activating group) is 1. The second kappa shape index (κ2) is 15.0. The van der Waals surface area contributed by atoms with E-state index in [1.807, 2.05) is 72.8 Å². The molecule has 2 N–H and O–H groups in total. The van der Waals surface area contributed by atoms with Gasteiger partial charge in [-0.2, -0.15) is 4.98 Å². The lowest BCUT2D eigenvalue weighted by molar-refractivity contribution is -0.131. The highest BCUT2D eigenvalue weighted by atomic mass is 16.5.